The smallest absolute Gasteiger partial charge is 0.274 e. The van der Waals surface area contributed by atoms with E-state index in [0.29, 0.717) is 11.7 Å². The first-order valence-corrected chi connectivity index (χ1v) is 11.0. The lowest BCUT2D eigenvalue weighted by atomic mass is 10.2. The van der Waals surface area contributed by atoms with E-state index >= 15 is 0 Å². The van der Waals surface area contributed by atoms with Gasteiger partial charge in [-0.15, -0.1) is 0 Å². The predicted octanol–water partition coefficient (Wildman–Crippen LogP) is 1.38. The van der Waals surface area contributed by atoms with E-state index in [4.69, 9.17) is 0 Å². The Bertz CT molecular complexity index is 810. The third kappa shape index (κ3) is 4.15. The van der Waals surface area contributed by atoms with Crippen molar-refractivity contribution in [2.45, 2.75) is 19.9 Å². The summed E-state index contributed by atoms with van der Waals surface area (Å²) in [5, 5.41) is 0. The summed E-state index contributed by atoms with van der Waals surface area (Å²) < 4.78 is 1.81. The summed E-state index contributed by atoms with van der Waals surface area (Å²) in [6.45, 7) is 9.69. The van der Waals surface area contributed by atoms with Gasteiger partial charge in [-0.2, -0.15) is 11.8 Å². The van der Waals surface area contributed by atoms with E-state index in [1.54, 1.807) is 18.9 Å². The molecule has 0 aliphatic carbocycles. The third-order valence-electron chi connectivity index (χ3n) is 5.37. The third-order valence-corrected chi connectivity index (χ3v) is 6.31. The molecule has 0 spiro atoms. The van der Waals surface area contributed by atoms with Gasteiger partial charge in [0.1, 0.15) is 30.0 Å². The average Bonchev–Trinajstić information content (AvgIpc) is 3.24. The van der Waals surface area contributed by atoms with Crippen molar-refractivity contribution in [2.75, 3.05) is 55.7 Å². The van der Waals surface area contributed by atoms with Crippen LogP contribution < -0.4 is 4.90 Å². The number of imidazole rings is 1. The van der Waals surface area contributed by atoms with Crippen molar-refractivity contribution in [3.63, 3.8) is 0 Å². The maximum absolute atomic E-state index is 12.8. The second-order valence-electron chi connectivity index (χ2n) is 7.42. The zero-order chi connectivity index (χ0) is 19.5. The molecule has 4 heterocycles. The Kier molecular flexibility index (Phi) is 5.82. The van der Waals surface area contributed by atoms with E-state index < -0.39 is 0 Å². The summed E-state index contributed by atoms with van der Waals surface area (Å²) in [7, 11) is 0. The number of anilines is 1. The molecule has 2 aliphatic heterocycles. The molecular formula is C19H27N7OS. The van der Waals surface area contributed by atoms with Gasteiger partial charge in [0.05, 0.1) is 0 Å². The second kappa shape index (κ2) is 8.48. The van der Waals surface area contributed by atoms with Crippen LogP contribution in [0, 0.1) is 0 Å². The van der Waals surface area contributed by atoms with E-state index in [-0.39, 0.29) is 5.91 Å². The molecule has 9 heteroatoms. The summed E-state index contributed by atoms with van der Waals surface area (Å²) >= 11 is 1.97. The van der Waals surface area contributed by atoms with E-state index in [9.17, 15) is 4.79 Å². The number of piperazine rings is 1. The average molecular weight is 402 g/mol. The Labute approximate surface area is 169 Å². The van der Waals surface area contributed by atoms with Crippen molar-refractivity contribution < 1.29 is 4.79 Å². The lowest BCUT2D eigenvalue weighted by Crippen LogP contribution is -2.50. The van der Waals surface area contributed by atoms with Gasteiger partial charge in [0, 0.05) is 69.1 Å². The van der Waals surface area contributed by atoms with Crippen molar-refractivity contribution in [1.82, 2.24) is 29.3 Å². The van der Waals surface area contributed by atoms with Gasteiger partial charge in [0.15, 0.2) is 0 Å². The van der Waals surface area contributed by atoms with Crippen LogP contribution in [0.4, 0.5) is 5.82 Å². The van der Waals surface area contributed by atoms with E-state index in [2.05, 4.69) is 38.6 Å². The quantitative estimate of drug-likeness (QED) is 0.767. The number of aromatic nitrogens is 4. The van der Waals surface area contributed by atoms with Crippen LogP contribution in [0.15, 0.2) is 24.9 Å². The fourth-order valence-electron chi connectivity index (χ4n) is 3.61. The highest BCUT2D eigenvalue weighted by Gasteiger charge is 2.25. The maximum atomic E-state index is 12.8. The molecule has 4 rings (SSSR count). The summed E-state index contributed by atoms with van der Waals surface area (Å²) in [6, 6.07) is 2.48. The monoisotopic (exact) mass is 401 g/mol. The molecule has 28 heavy (non-hydrogen) atoms. The van der Waals surface area contributed by atoms with Crippen LogP contribution in [-0.4, -0.2) is 92.0 Å². The van der Waals surface area contributed by atoms with Crippen LogP contribution in [0.5, 0.6) is 0 Å². The van der Waals surface area contributed by atoms with Crippen molar-refractivity contribution in [2.24, 2.45) is 0 Å². The summed E-state index contributed by atoms with van der Waals surface area (Å²) in [5.41, 5.74) is 0.465. The lowest BCUT2D eigenvalue weighted by Gasteiger charge is -2.36. The minimum Gasteiger partial charge on any atom is -0.355 e. The lowest BCUT2D eigenvalue weighted by molar-refractivity contribution is 0.0590. The summed E-state index contributed by atoms with van der Waals surface area (Å²) in [5.74, 6) is 3.89. The van der Waals surface area contributed by atoms with E-state index in [0.717, 1.165) is 62.4 Å². The van der Waals surface area contributed by atoms with Crippen LogP contribution in [0.2, 0.25) is 0 Å². The first-order valence-electron chi connectivity index (χ1n) is 9.84. The number of amides is 1. The van der Waals surface area contributed by atoms with Crippen molar-refractivity contribution in [3.8, 4) is 5.82 Å². The topological polar surface area (TPSA) is 70.4 Å². The van der Waals surface area contributed by atoms with E-state index in [1.165, 1.54) is 0 Å². The highest BCUT2D eigenvalue weighted by atomic mass is 32.2. The Hall–Kier alpha value is -2.13. The number of carbonyl (C=O) groups is 1. The Balaban J connectivity index is 1.45. The molecule has 0 saturated carbocycles. The van der Waals surface area contributed by atoms with Crippen LogP contribution in [0.3, 0.4) is 0 Å². The van der Waals surface area contributed by atoms with Gasteiger partial charge in [-0.1, -0.05) is 0 Å². The molecule has 1 amide bonds. The molecule has 0 bridgehead atoms. The SMILES string of the molecule is CC(C)N1CCN(C(=O)c2cn(-c3cc(N4CCSCC4)ncn3)cn2)CC1. The largest absolute Gasteiger partial charge is 0.355 e. The van der Waals surface area contributed by atoms with Crippen molar-refractivity contribution in [3.05, 3.63) is 30.6 Å². The summed E-state index contributed by atoms with van der Waals surface area (Å²) in [4.78, 5) is 32.5. The fourth-order valence-corrected chi connectivity index (χ4v) is 4.51. The molecule has 2 aromatic rings. The zero-order valence-corrected chi connectivity index (χ0v) is 17.3. The summed E-state index contributed by atoms with van der Waals surface area (Å²) in [6.07, 6.45) is 5.02. The number of thioether (sulfide) groups is 1. The molecule has 8 nitrogen and oxygen atoms in total. The van der Waals surface area contributed by atoms with Gasteiger partial charge >= 0.3 is 0 Å². The molecular weight excluding hydrogens is 374 g/mol. The highest BCUT2D eigenvalue weighted by molar-refractivity contribution is 7.99. The number of carbonyl (C=O) groups excluding carboxylic acids is 1. The Morgan fingerprint density at radius 3 is 2.43 bits per heavy atom. The number of nitrogens with zero attached hydrogens (tertiary/aromatic N) is 7. The molecule has 2 aliphatic rings. The number of hydrogen-bond acceptors (Lipinski definition) is 7. The molecule has 150 valence electrons. The van der Waals surface area contributed by atoms with Gasteiger partial charge in [-0.05, 0) is 13.8 Å². The molecule has 0 unspecified atom stereocenters. The Morgan fingerprint density at radius 1 is 1.00 bits per heavy atom. The highest BCUT2D eigenvalue weighted by Crippen LogP contribution is 2.19. The fraction of sp³-hybridized carbons (Fsp3) is 0.579. The molecule has 2 aromatic heterocycles. The molecule has 0 atom stereocenters. The Morgan fingerprint density at radius 2 is 1.71 bits per heavy atom. The first-order chi connectivity index (χ1) is 13.6. The minimum atomic E-state index is -0.00973. The van der Waals surface area contributed by atoms with E-state index in [1.807, 2.05) is 27.3 Å². The van der Waals surface area contributed by atoms with Crippen LogP contribution in [-0.2, 0) is 0 Å². The normalized spacial score (nSPS) is 18.7. The first kappa shape index (κ1) is 19.2. The molecule has 2 fully saturated rings. The molecule has 0 radical (unpaired) electrons. The van der Waals surface area contributed by atoms with Crippen LogP contribution in [0.1, 0.15) is 24.3 Å². The number of rotatable bonds is 4. The van der Waals surface area contributed by atoms with Gasteiger partial charge < -0.3 is 9.80 Å². The molecule has 0 aromatic carbocycles. The minimum absolute atomic E-state index is 0.00973. The van der Waals surface area contributed by atoms with Crippen LogP contribution in [0.25, 0.3) is 5.82 Å². The van der Waals surface area contributed by atoms with Crippen molar-refractivity contribution in [1.29, 1.82) is 0 Å². The van der Waals surface area contributed by atoms with Crippen molar-refractivity contribution >= 4 is 23.5 Å². The van der Waals surface area contributed by atoms with Gasteiger partial charge in [0.2, 0.25) is 0 Å². The van der Waals surface area contributed by atoms with Crippen LogP contribution >= 0.6 is 11.8 Å². The van der Waals surface area contributed by atoms with Gasteiger partial charge in [-0.25, -0.2) is 15.0 Å². The standard InChI is InChI=1S/C19H27N7OS/c1-15(2)23-3-5-25(6-4-23)19(27)16-12-26(14-22-16)18-11-17(20-13-21-18)24-7-9-28-10-8-24/h11-15H,3-10H2,1-2H3. The number of hydrogen-bond donors (Lipinski definition) is 0. The predicted molar refractivity (Wildman–Crippen MR) is 111 cm³/mol. The van der Waals surface area contributed by atoms with Gasteiger partial charge in [-0.3, -0.25) is 14.3 Å². The molecule has 0 N–H and O–H groups in total. The van der Waals surface area contributed by atoms with Gasteiger partial charge in [0.25, 0.3) is 5.91 Å². The second-order valence-corrected chi connectivity index (χ2v) is 8.65. The zero-order valence-electron chi connectivity index (χ0n) is 16.5. The maximum Gasteiger partial charge on any atom is 0.274 e. The molecule has 2 saturated heterocycles.